The van der Waals surface area contributed by atoms with E-state index < -0.39 is 0 Å². The first-order valence-corrected chi connectivity index (χ1v) is 11.1. The Morgan fingerprint density at radius 1 is 1.06 bits per heavy atom. The smallest absolute Gasteiger partial charge is 0.279 e. The second kappa shape index (κ2) is 8.92. The molecule has 0 saturated heterocycles. The fourth-order valence-corrected chi connectivity index (χ4v) is 4.36. The largest absolute Gasteiger partial charge is 0.497 e. The summed E-state index contributed by atoms with van der Waals surface area (Å²) in [5, 5.41) is 11.7. The Kier molecular flexibility index (Phi) is 6.05. The molecule has 0 fully saturated rings. The topological polar surface area (TPSA) is 81.9 Å². The van der Waals surface area contributed by atoms with E-state index in [-0.39, 0.29) is 11.6 Å². The number of amides is 1. The van der Waals surface area contributed by atoms with Crippen molar-refractivity contribution in [3.05, 3.63) is 81.1 Å². The predicted octanol–water partition coefficient (Wildman–Crippen LogP) is 4.81. The van der Waals surface area contributed by atoms with E-state index in [1.165, 1.54) is 16.9 Å². The molecule has 0 aliphatic carbocycles. The first-order chi connectivity index (χ1) is 15.4. The van der Waals surface area contributed by atoms with Crippen molar-refractivity contribution in [1.82, 2.24) is 20.0 Å². The third-order valence-electron chi connectivity index (χ3n) is 5.48. The molecular weight excluding hydrogens is 422 g/mol. The van der Waals surface area contributed by atoms with Crippen LogP contribution in [-0.4, -0.2) is 33.0 Å². The van der Waals surface area contributed by atoms with E-state index in [1.54, 1.807) is 11.8 Å². The number of aryl methyl sites for hydroxylation is 3. The molecular formula is C24H25N5O2S. The molecule has 0 aliphatic heterocycles. The second-order valence-electron chi connectivity index (χ2n) is 7.71. The summed E-state index contributed by atoms with van der Waals surface area (Å²) >= 11 is 1.47. The summed E-state index contributed by atoms with van der Waals surface area (Å²) in [6, 6.07) is 14.0. The molecule has 7 nitrogen and oxygen atoms in total. The third kappa shape index (κ3) is 4.40. The Bertz CT molecular complexity index is 1270. The summed E-state index contributed by atoms with van der Waals surface area (Å²) in [5.74, 6) is 0.509. The van der Waals surface area contributed by atoms with Gasteiger partial charge in [-0.3, -0.25) is 10.1 Å². The van der Waals surface area contributed by atoms with Gasteiger partial charge in [-0.15, -0.1) is 16.4 Å². The molecule has 0 spiro atoms. The molecule has 164 valence electrons. The van der Waals surface area contributed by atoms with Gasteiger partial charge in [-0.25, -0.2) is 9.67 Å². The molecule has 1 amide bonds. The van der Waals surface area contributed by atoms with Crippen molar-refractivity contribution < 1.29 is 9.53 Å². The molecule has 0 radical (unpaired) electrons. The zero-order valence-corrected chi connectivity index (χ0v) is 19.6. The lowest BCUT2D eigenvalue weighted by Crippen LogP contribution is -2.14. The highest BCUT2D eigenvalue weighted by atomic mass is 32.1. The lowest BCUT2D eigenvalue weighted by atomic mass is 10.1. The Hall–Kier alpha value is -3.52. The number of ether oxygens (including phenoxy) is 1. The number of anilines is 1. The van der Waals surface area contributed by atoms with Gasteiger partial charge in [0.25, 0.3) is 5.91 Å². The highest BCUT2D eigenvalue weighted by Crippen LogP contribution is 2.26. The average molecular weight is 448 g/mol. The van der Waals surface area contributed by atoms with Gasteiger partial charge < -0.3 is 4.74 Å². The number of hydrogen-bond donors (Lipinski definition) is 1. The fourth-order valence-electron chi connectivity index (χ4n) is 3.37. The van der Waals surface area contributed by atoms with Crippen molar-refractivity contribution in [2.45, 2.75) is 34.1 Å². The van der Waals surface area contributed by atoms with Gasteiger partial charge in [0.1, 0.15) is 5.75 Å². The molecule has 8 heteroatoms. The number of thiazole rings is 1. The van der Waals surface area contributed by atoms with E-state index >= 15 is 0 Å². The molecule has 0 unspecified atom stereocenters. The molecule has 2 heterocycles. The summed E-state index contributed by atoms with van der Waals surface area (Å²) in [6.07, 6.45) is 0.741. The minimum atomic E-state index is -0.317. The average Bonchev–Trinajstić information content (AvgIpc) is 3.32. The maximum absolute atomic E-state index is 12.9. The molecule has 0 aliphatic rings. The highest BCUT2D eigenvalue weighted by Gasteiger charge is 2.19. The van der Waals surface area contributed by atoms with Crippen molar-refractivity contribution in [2.75, 3.05) is 12.4 Å². The molecule has 2 aromatic carbocycles. The lowest BCUT2D eigenvalue weighted by molar-refractivity contribution is 0.102. The van der Waals surface area contributed by atoms with Gasteiger partial charge >= 0.3 is 0 Å². The number of benzene rings is 2. The molecule has 4 rings (SSSR count). The van der Waals surface area contributed by atoms with Crippen LogP contribution < -0.4 is 10.1 Å². The molecule has 2 aromatic heterocycles. The van der Waals surface area contributed by atoms with Gasteiger partial charge in [0.2, 0.25) is 0 Å². The Labute approximate surface area is 191 Å². The molecule has 32 heavy (non-hydrogen) atoms. The maximum Gasteiger partial charge on any atom is 0.279 e. The third-order valence-corrected chi connectivity index (χ3v) is 6.55. The van der Waals surface area contributed by atoms with Crippen LogP contribution in [0.15, 0.2) is 42.5 Å². The standard InChI is InChI=1S/C24H25N5O2S/c1-14-6-9-19(12-15(14)2)29-17(4)22(27-28-29)23(30)26-24-25-16(3)21(32-24)13-18-7-10-20(31-5)11-8-18/h6-12H,13H2,1-5H3,(H,25,26,30). The lowest BCUT2D eigenvalue weighted by Gasteiger charge is -2.06. The normalized spacial score (nSPS) is 10.9. The van der Waals surface area contributed by atoms with Gasteiger partial charge in [0.15, 0.2) is 10.8 Å². The van der Waals surface area contributed by atoms with E-state index in [9.17, 15) is 4.79 Å². The van der Waals surface area contributed by atoms with Crippen molar-refractivity contribution >= 4 is 22.4 Å². The number of nitrogens with one attached hydrogen (secondary N) is 1. The van der Waals surface area contributed by atoms with Crippen molar-refractivity contribution in [3.63, 3.8) is 0 Å². The van der Waals surface area contributed by atoms with Crippen LogP contribution in [0.3, 0.4) is 0 Å². The molecule has 0 saturated carbocycles. The van der Waals surface area contributed by atoms with Crippen LogP contribution in [-0.2, 0) is 6.42 Å². The molecule has 4 aromatic rings. The van der Waals surface area contributed by atoms with Crippen molar-refractivity contribution in [1.29, 1.82) is 0 Å². The number of carbonyl (C=O) groups excluding carboxylic acids is 1. The Morgan fingerprint density at radius 2 is 1.81 bits per heavy atom. The summed E-state index contributed by atoms with van der Waals surface area (Å²) < 4.78 is 6.90. The van der Waals surface area contributed by atoms with Gasteiger partial charge in [0, 0.05) is 11.3 Å². The first-order valence-electron chi connectivity index (χ1n) is 10.3. The van der Waals surface area contributed by atoms with Crippen LogP contribution in [0.2, 0.25) is 0 Å². The van der Waals surface area contributed by atoms with Gasteiger partial charge in [-0.2, -0.15) is 0 Å². The Balaban J connectivity index is 1.50. The first kappa shape index (κ1) is 21.7. The van der Waals surface area contributed by atoms with E-state index in [2.05, 4.69) is 27.5 Å². The zero-order chi connectivity index (χ0) is 22.8. The summed E-state index contributed by atoms with van der Waals surface area (Å²) in [5.41, 5.74) is 6.26. The second-order valence-corrected chi connectivity index (χ2v) is 8.79. The Morgan fingerprint density at radius 3 is 2.50 bits per heavy atom. The van der Waals surface area contributed by atoms with Gasteiger partial charge in [-0.05, 0) is 68.7 Å². The van der Waals surface area contributed by atoms with Crippen LogP contribution in [0, 0.1) is 27.7 Å². The van der Waals surface area contributed by atoms with Crippen LogP contribution >= 0.6 is 11.3 Å². The van der Waals surface area contributed by atoms with E-state index in [1.807, 2.05) is 63.2 Å². The summed E-state index contributed by atoms with van der Waals surface area (Å²) in [6.45, 7) is 7.90. The van der Waals surface area contributed by atoms with Gasteiger partial charge in [0.05, 0.1) is 24.2 Å². The number of carbonyl (C=O) groups is 1. The van der Waals surface area contributed by atoms with E-state index in [0.717, 1.165) is 39.6 Å². The molecule has 0 bridgehead atoms. The predicted molar refractivity (Wildman–Crippen MR) is 126 cm³/mol. The van der Waals surface area contributed by atoms with Crippen LogP contribution in [0.25, 0.3) is 5.69 Å². The SMILES string of the molecule is COc1ccc(Cc2sc(NC(=O)c3nnn(-c4ccc(C)c(C)c4)c3C)nc2C)cc1. The number of methoxy groups -OCH3 is 1. The maximum atomic E-state index is 12.9. The van der Waals surface area contributed by atoms with Crippen LogP contribution in [0.5, 0.6) is 5.75 Å². The number of rotatable bonds is 6. The van der Waals surface area contributed by atoms with Gasteiger partial charge in [-0.1, -0.05) is 23.4 Å². The highest BCUT2D eigenvalue weighted by molar-refractivity contribution is 7.15. The number of nitrogens with zero attached hydrogens (tertiary/aromatic N) is 4. The fraction of sp³-hybridized carbons (Fsp3) is 0.250. The van der Waals surface area contributed by atoms with E-state index in [0.29, 0.717) is 10.8 Å². The van der Waals surface area contributed by atoms with Crippen molar-refractivity contribution in [3.8, 4) is 11.4 Å². The molecule has 1 N–H and O–H groups in total. The minimum Gasteiger partial charge on any atom is -0.497 e. The number of aromatic nitrogens is 4. The molecule has 0 atom stereocenters. The minimum absolute atomic E-state index is 0.285. The van der Waals surface area contributed by atoms with Crippen LogP contribution in [0.4, 0.5) is 5.13 Å². The monoisotopic (exact) mass is 447 g/mol. The van der Waals surface area contributed by atoms with E-state index in [4.69, 9.17) is 4.74 Å². The van der Waals surface area contributed by atoms with Crippen molar-refractivity contribution in [2.24, 2.45) is 0 Å². The van der Waals surface area contributed by atoms with Crippen LogP contribution in [0.1, 0.15) is 43.4 Å². The quantitative estimate of drug-likeness (QED) is 0.459. The zero-order valence-electron chi connectivity index (χ0n) is 18.8. The summed E-state index contributed by atoms with van der Waals surface area (Å²) in [7, 11) is 1.65. The number of hydrogen-bond acceptors (Lipinski definition) is 6. The summed E-state index contributed by atoms with van der Waals surface area (Å²) in [4.78, 5) is 18.5.